The molecule has 0 saturated heterocycles. The molecule has 90 valence electrons. The molecule has 0 aliphatic rings. The van der Waals surface area contributed by atoms with Crippen molar-refractivity contribution < 1.29 is 13.5 Å². The Morgan fingerprint density at radius 1 is 1.19 bits per heavy atom. The Balaban J connectivity index is 2.65. The highest BCUT2D eigenvalue weighted by molar-refractivity contribution is 7.88. The molecule has 0 saturated carbocycles. The van der Waals surface area contributed by atoms with Crippen LogP contribution in [0.3, 0.4) is 0 Å². The minimum Gasteiger partial charge on any atom is -0.392 e. The van der Waals surface area contributed by atoms with Crippen molar-refractivity contribution in [3.63, 3.8) is 0 Å². The average molecular weight is 243 g/mol. The van der Waals surface area contributed by atoms with E-state index in [0.29, 0.717) is 6.54 Å². The van der Waals surface area contributed by atoms with Crippen LogP contribution in [0.4, 0.5) is 0 Å². The summed E-state index contributed by atoms with van der Waals surface area (Å²) >= 11 is 0. The monoisotopic (exact) mass is 243 g/mol. The van der Waals surface area contributed by atoms with Gasteiger partial charge in [0, 0.05) is 6.54 Å². The minimum atomic E-state index is -3.23. The van der Waals surface area contributed by atoms with Gasteiger partial charge in [-0.25, -0.2) is 13.1 Å². The molecule has 0 heterocycles. The fourth-order valence-electron chi connectivity index (χ4n) is 1.27. The van der Waals surface area contributed by atoms with E-state index in [1.807, 2.05) is 6.92 Å². The number of sulfonamides is 1. The van der Waals surface area contributed by atoms with Crippen LogP contribution in [0, 0.1) is 0 Å². The smallest absolute Gasteiger partial charge is 0.215 e. The van der Waals surface area contributed by atoms with Gasteiger partial charge >= 0.3 is 0 Å². The standard InChI is InChI=1S/C11H17NO3S/c1-2-7-12-16(14,15)9-11-5-3-10(8-13)4-6-11/h3-6,12-13H,2,7-9H2,1H3. The van der Waals surface area contributed by atoms with Gasteiger partial charge < -0.3 is 5.11 Å². The zero-order valence-corrected chi connectivity index (χ0v) is 10.1. The molecular weight excluding hydrogens is 226 g/mol. The van der Waals surface area contributed by atoms with Crippen molar-refractivity contribution in [2.24, 2.45) is 0 Å². The summed E-state index contributed by atoms with van der Waals surface area (Å²) < 4.78 is 25.6. The summed E-state index contributed by atoms with van der Waals surface area (Å²) in [5, 5.41) is 8.85. The van der Waals surface area contributed by atoms with E-state index < -0.39 is 10.0 Å². The molecule has 0 aliphatic heterocycles. The van der Waals surface area contributed by atoms with E-state index in [0.717, 1.165) is 17.5 Å². The SMILES string of the molecule is CCCNS(=O)(=O)Cc1ccc(CO)cc1. The van der Waals surface area contributed by atoms with Gasteiger partial charge in [0.25, 0.3) is 0 Å². The second kappa shape index (κ2) is 5.98. The van der Waals surface area contributed by atoms with Crippen LogP contribution in [-0.4, -0.2) is 20.1 Å². The summed E-state index contributed by atoms with van der Waals surface area (Å²) in [5.74, 6) is -0.0152. The Morgan fingerprint density at radius 2 is 1.75 bits per heavy atom. The zero-order chi connectivity index (χ0) is 12.0. The van der Waals surface area contributed by atoms with Gasteiger partial charge in [-0.15, -0.1) is 0 Å². The Morgan fingerprint density at radius 3 is 2.25 bits per heavy atom. The quantitative estimate of drug-likeness (QED) is 0.783. The molecule has 0 spiro atoms. The maximum absolute atomic E-state index is 11.6. The summed E-state index contributed by atoms with van der Waals surface area (Å²) in [6, 6.07) is 6.89. The van der Waals surface area contributed by atoms with Gasteiger partial charge in [-0.05, 0) is 17.5 Å². The molecule has 5 heteroatoms. The number of aliphatic hydroxyl groups excluding tert-OH is 1. The number of hydrogen-bond donors (Lipinski definition) is 2. The van der Waals surface area contributed by atoms with E-state index in [1.54, 1.807) is 24.3 Å². The molecule has 0 aromatic heterocycles. The van der Waals surface area contributed by atoms with Crippen LogP contribution < -0.4 is 4.72 Å². The second-order valence-electron chi connectivity index (χ2n) is 3.63. The van der Waals surface area contributed by atoms with E-state index >= 15 is 0 Å². The maximum Gasteiger partial charge on any atom is 0.215 e. The third-order valence-corrected chi connectivity index (χ3v) is 3.49. The Bertz CT molecular complexity index is 411. The molecule has 0 unspecified atom stereocenters. The Kier molecular flexibility index (Phi) is 4.92. The highest BCUT2D eigenvalue weighted by Gasteiger charge is 2.09. The molecule has 0 radical (unpaired) electrons. The first-order chi connectivity index (χ1) is 7.57. The molecule has 1 aromatic rings. The molecule has 1 rings (SSSR count). The van der Waals surface area contributed by atoms with E-state index in [4.69, 9.17) is 5.11 Å². The second-order valence-corrected chi connectivity index (χ2v) is 5.43. The zero-order valence-electron chi connectivity index (χ0n) is 9.31. The van der Waals surface area contributed by atoms with Gasteiger partial charge in [-0.1, -0.05) is 31.2 Å². The van der Waals surface area contributed by atoms with E-state index in [-0.39, 0.29) is 12.4 Å². The van der Waals surface area contributed by atoms with Crippen molar-refractivity contribution in [2.45, 2.75) is 25.7 Å². The van der Waals surface area contributed by atoms with Crippen LogP contribution in [0.15, 0.2) is 24.3 Å². The van der Waals surface area contributed by atoms with E-state index in [2.05, 4.69) is 4.72 Å². The lowest BCUT2D eigenvalue weighted by molar-refractivity contribution is 0.282. The van der Waals surface area contributed by atoms with Gasteiger partial charge in [0.1, 0.15) is 0 Å². The summed E-state index contributed by atoms with van der Waals surface area (Å²) in [6.45, 7) is 2.36. The van der Waals surface area contributed by atoms with Crippen molar-refractivity contribution in [3.05, 3.63) is 35.4 Å². The number of benzene rings is 1. The first kappa shape index (κ1) is 13.2. The third kappa shape index (κ3) is 4.30. The first-order valence-electron chi connectivity index (χ1n) is 5.23. The topological polar surface area (TPSA) is 66.4 Å². The number of aliphatic hydroxyl groups is 1. The van der Waals surface area contributed by atoms with Crippen molar-refractivity contribution >= 4 is 10.0 Å². The molecule has 0 amide bonds. The van der Waals surface area contributed by atoms with Crippen LogP contribution in [0.25, 0.3) is 0 Å². The van der Waals surface area contributed by atoms with Gasteiger partial charge in [-0.2, -0.15) is 0 Å². The third-order valence-electron chi connectivity index (χ3n) is 2.13. The van der Waals surface area contributed by atoms with Crippen LogP contribution in [0.2, 0.25) is 0 Å². The summed E-state index contributed by atoms with van der Waals surface area (Å²) in [5.41, 5.74) is 1.50. The average Bonchev–Trinajstić information content (AvgIpc) is 2.27. The predicted octanol–water partition coefficient (Wildman–Crippen LogP) is 1.01. The summed E-state index contributed by atoms with van der Waals surface area (Å²) in [6.07, 6.45) is 0.780. The molecule has 2 N–H and O–H groups in total. The molecule has 0 fully saturated rings. The van der Waals surface area contributed by atoms with E-state index in [9.17, 15) is 8.42 Å². The van der Waals surface area contributed by atoms with Crippen molar-refractivity contribution in [1.82, 2.24) is 4.72 Å². The molecular formula is C11H17NO3S. The van der Waals surface area contributed by atoms with Crippen LogP contribution in [0.5, 0.6) is 0 Å². The van der Waals surface area contributed by atoms with Crippen molar-refractivity contribution in [3.8, 4) is 0 Å². The van der Waals surface area contributed by atoms with E-state index in [1.165, 1.54) is 0 Å². The molecule has 16 heavy (non-hydrogen) atoms. The predicted molar refractivity (Wildman–Crippen MR) is 63.3 cm³/mol. The lowest BCUT2D eigenvalue weighted by atomic mass is 10.2. The highest BCUT2D eigenvalue weighted by Crippen LogP contribution is 2.07. The molecule has 4 nitrogen and oxygen atoms in total. The summed E-state index contributed by atoms with van der Waals surface area (Å²) in [7, 11) is -3.23. The van der Waals surface area contributed by atoms with Crippen LogP contribution in [0.1, 0.15) is 24.5 Å². The molecule has 0 atom stereocenters. The molecule has 1 aromatic carbocycles. The molecule has 0 aliphatic carbocycles. The van der Waals surface area contributed by atoms with Crippen LogP contribution >= 0.6 is 0 Å². The van der Waals surface area contributed by atoms with Gasteiger partial charge in [-0.3, -0.25) is 0 Å². The fourth-order valence-corrected chi connectivity index (χ4v) is 2.52. The number of hydrogen-bond acceptors (Lipinski definition) is 3. The largest absolute Gasteiger partial charge is 0.392 e. The Hall–Kier alpha value is -0.910. The first-order valence-corrected chi connectivity index (χ1v) is 6.88. The van der Waals surface area contributed by atoms with Crippen molar-refractivity contribution in [2.75, 3.05) is 6.54 Å². The van der Waals surface area contributed by atoms with Gasteiger partial charge in [0.05, 0.1) is 12.4 Å². The lowest BCUT2D eigenvalue weighted by Crippen LogP contribution is -2.25. The number of rotatable bonds is 6. The molecule has 0 bridgehead atoms. The Labute approximate surface area is 96.4 Å². The van der Waals surface area contributed by atoms with Gasteiger partial charge in [0.2, 0.25) is 10.0 Å². The maximum atomic E-state index is 11.6. The van der Waals surface area contributed by atoms with Crippen LogP contribution in [-0.2, 0) is 22.4 Å². The fraction of sp³-hybridized carbons (Fsp3) is 0.455. The normalized spacial score (nSPS) is 11.6. The van der Waals surface area contributed by atoms with Gasteiger partial charge in [0.15, 0.2) is 0 Å². The number of nitrogens with one attached hydrogen (secondary N) is 1. The summed E-state index contributed by atoms with van der Waals surface area (Å²) in [4.78, 5) is 0. The minimum absolute atomic E-state index is 0.0152. The highest BCUT2D eigenvalue weighted by atomic mass is 32.2. The van der Waals surface area contributed by atoms with Crippen molar-refractivity contribution in [1.29, 1.82) is 0 Å². The lowest BCUT2D eigenvalue weighted by Gasteiger charge is -2.06.